The number of hydrogen-bond acceptors (Lipinski definition) is 2. The van der Waals surface area contributed by atoms with Gasteiger partial charge in [0.15, 0.2) is 0 Å². The fourth-order valence-corrected chi connectivity index (χ4v) is 3.66. The molecule has 1 aliphatic heterocycles. The third-order valence-corrected chi connectivity index (χ3v) is 5.24. The Morgan fingerprint density at radius 3 is 2.37 bits per heavy atom. The fourth-order valence-electron chi connectivity index (χ4n) is 3.66. The van der Waals surface area contributed by atoms with Crippen molar-refractivity contribution in [2.24, 2.45) is 11.3 Å². The molecular formula is C16H30N2O. The Kier molecular flexibility index (Phi) is 3.97. The van der Waals surface area contributed by atoms with E-state index >= 15 is 0 Å². The van der Waals surface area contributed by atoms with E-state index < -0.39 is 0 Å². The smallest absolute Gasteiger partial charge is 0.243 e. The Morgan fingerprint density at radius 1 is 1.32 bits per heavy atom. The van der Waals surface area contributed by atoms with Crippen molar-refractivity contribution < 1.29 is 4.79 Å². The highest BCUT2D eigenvalue weighted by Gasteiger charge is 2.49. The van der Waals surface area contributed by atoms with Crippen molar-refractivity contribution in [3.8, 4) is 0 Å². The minimum absolute atomic E-state index is 0.204. The minimum atomic E-state index is -0.357. The van der Waals surface area contributed by atoms with Gasteiger partial charge in [0.25, 0.3) is 0 Å². The normalized spacial score (nSPS) is 34.5. The molecule has 0 radical (unpaired) electrons. The standard InChI is InChI=1S/C16H30N2O/c1-6-16(5)14(19)18(13(17-16)12(2)3)11-15(4)9-7-8-10-15/h12-13,17H,6-11H2,1-5H3. The van der Waals surface area contributed by atoms with Crippen LogP contribution < -0.4 is 5.32 Å². The largest absolute Gasteiger partial charge is 0.325 e. The summed E-state index contributed by atoms with van der Waals surface area (Å²) in [6, 6.07) is 0. The number of carbonyl (C=O) groups is 1. The first-order valence-electron chi connectivity index (χ1n) is 7.90. The van der Waals surface area contributed by atoms with E-state index in [0.717, 1.165) is 13.0 Å². The molecule has 110 valence electrons. The van der Waals surface area contributed by atoms with Gasteiger partial charge in [0.1, 0.15) is 0 Å². The van der Waals surface area contributed by atoms with E-state index in [1.165, 1.54) is 25.7 Å². The second-order valence-electron chi connectivity index (χ2n) is 7.47. The molecule has 0 aromatic rings. The number of carbonyl (C=O) groups excluding carboxylic acids is 1. The lowest BCUT2D eigenvalue weighted by molar-refractivity contribution is -0.134. The minimum Gasteiger partial charge on any atom is -0.325 e. The Bertz CT molecular complexity index is 347. The Labute approximate surface area is 118 Å². The first-order chi connectivity index (χ1) is 8.81. The summed E-state index contributed by atoms with van der Waals surface area (Å²) in [6.07, 6.45) is 6.25. The van der Waals surface area contributed by atoms with Crippen molar-refractivity contribution in [1.29, 1.82) is 0 Å². The van der Waals surface area contributed by atoms with Crippen LogP contribution in [0.3, 0.4) is 0 Å². The molecule has 3 nitrogen and oxygen atoms in total. The highest BCUT2D eigenvalue weighted by atomic mass is 16.2. The van der Waals surface area contributed by atoms with Gasteiger partial charge >= 0.3 is 0 Å². The predicted octanol–water partition coefficient (Wildman–Crippen LogP) is 3.15. The molecule has 2 unspecified atom stereocenters. The molecule has 1 heterocycles. The zero-order valence-corrected chi connectivity index (χ0v) is 13.3. The van der Waals surface area contributed by atoms with E-state index in [1.54, 1.807) is 0 Å². The molecule has 3 heteroatoms. The summed E-state index contributed by atoms with van der Waals surface area (Å²) >= 11 is 0. The van der Waals surface area contributed by atoms with Crippen LogP contribution in [0.1, 0.15) is 66.7 Å². The Morgan fingerprint density at radius 2 is 1.89 bits per heavy atom. The summed E-state index contributed by atoms with van der Waals surface area (Å²) in [6.45, 7) is 11.8. The predicted molar refractivity (Wildman–Crippen MR) is 78.7 cm³/mol. The molecule has 2 fully saturated rings. The van der Waals surface area contributed by atoms with E-state index in [0.29, 0.717) is 17.2 Å². The second-order valence-corrected chi connectivity index (χ2v) is 7.47. The number of amides is 1. The van der Waals surface area contributed by atoms with Crippen molar-refractivity contribution in [2.75, 3.05) is 6.54 Å². The van der Waals surface area contributed by atoms with Gasteiger partial charge in [-0.15, -0.1) is 0 Å². The van der Waals surface area contributed by atoms with E-state index in [-0.39, 0.29) is 11.7 Å². The van der Waals surface area contributed by atoms with Gasteiger partial charge in [-0.1, -0.05) is 40.5 Å². The summed E-state index contributed by atoms with van der Waals surface area (Å²) in [5.41, 5.74) is -0.0205. The average molecular weight is 266 g/mol. The molecule has 1 N–H and O–H groups in total. The maximum Gasteiger partial charge on any atom is 0.243 e. The number of nitrogens with one attached hydrogen (secondary N) is 1. The van der Waals surface area contributed by atoms with Crippen LogP contribution in [0.4, 0.5) is 0 Å². The van der Waals surface area contributed by atoms with Gasteiger partial charge in [0.2, 0.25) is 5.91 Å². The van der Waals surface area contributed by atoms with Crippen molar-refractivity contribution in [3.05, 3.63) is 0 Å². The molecule has 2 rings (SSSR count). The number of nitrogens with zero attached hydrogens (tertiary/aromatic N) is 1. The highest BCUT2D eigenvalue weighted by Crippen LogP contribution is 2.40. The summed E-state index contributed by atoms with van der Waals surface area (Å²) in [5.74, 6) is 0.768. The van der Waals surface area contributed by atoms with Gasteiger partial charge in [-0.3, -0.25) is 10.1 Å². The van der Waals surface area contributed by atoms with Crippen molar-refractivity contribution in [1.82, 2.24) is 10.2 Å². The molecule has 1 aliphatic carbocycles. The van der Waals surface area contributed by atoms with Crippen LogP contribution >= 0.6 is 0 Å². The molecule has 1 saturated heterocycles. The lowest BCUT2D eigenvalue weighted by atomic mass is 9.87. The van der Waals surface area contributed by atoms with Crippen molar-refractivity contribution in [3.63, 3.8) is 0 Å². The summed E-state index contributed by atoms with van der Waals surface area (Å²) in [5, 5.41) is 3.58. The maximum absolute atomic E-state index is 12.8. The van der Waals surface area contributed by atoms with E-state index in [9.17, 15) is 4.79 Å². The molecule has 2 aliphatic rings. The zero-order chi connectivity index (χ0) is 14.3. The molecule has 0 aromatic heterocycles. The van der Waals surface area contributed by atoms with Crippen LogP contribution in [-0.2, 0) is 4.79 Å². The van der Waals surface area contributed by atoms with Gasteiger partial charge in [-0.25, -0.2) is 0 Å². The summed E-state index contributed by atoms with van der Waals surface area (Å²) in [7, 11) is 0. The lowest BCUT2D eigenvalue weighted by Crippen LogP contribution is -2.46. The van der Waals surface area contributed by atoms with E-state index in [2.05, 4.69) is 44.8 Å². The van der Waals surface area contributed by atoms with Gasteiger partial charge in [0.05, 0.1) is 11.7 Å². The lowest BCUT2D eigenvalue weighted by Gasteiger charge is -2.34. The maximum atomic E-state index is 12.8. The SMILES string of the molecule is CCC1(C)NC(C(C)C)N(CC2(C)CCCC2)C1=O. The van der Waals surface area contributed by atoms with Crippen LogP contribution in [0.25, 0.3) is 0 Å². The van der Waals surface area contributed by atoms with Crippen LogP contribution in [0, 0.1) is 11.3 Å². The molecule has 0 bridgehead atoms. The summed E-state index contributed by atoms with van der Waals surface area (Å²) < 4.78 is 0. The van der Waals surface area contributed by atoms with Crippen molar-refractivity contribution in [2.45, 2.75) is 78.4 Å². The van der Waals surface area contributed by atoms with Crippen LogP contribution in [0.5, 0.6) is 0 Å². The second kappa shape index (κ2) is 5.08. The quantitative estimate of drug-likeness (QED) is 0.848. The van der Waals surface area contributed by atoms with E-state index in [4.69, 9.17) is 0 Å². The average Bonchev–Trinajstić information content (AvgIpc) is 2.88. The molecule has 19 heavy (non-hydrogen) atoms. The topological polar surface area (TPSA) is 32.3 Å². The first kappa shape index (κ1) is 14.8. The zero-order valence-electron chi connectivity index (χ0n) is 13.3. The fraction of sp³-hybridized carbons (Fsp3) is 0.938. The van der Waals surface area contributed by atoms with Gasteiger partial charge in [0, 0.05) is 6.54 Å². The molecule has 1 saturated carbocycles. The number of rotatable bonds is 4. The number of hydrogen-bond donors (Lipinski definition) is 1. The Hall–Kier alpha value is -0.570. The van der Waals surface area contributed by atoms with Gasteiger partial charge < -0.3 is 4.90 Å². The Balaban J connectivity index is 2.18. The molecule has 0 aromatic carbocycles. The highest BCUT2D eigenvalue weighted by molar-refractivity contribution is 5.88. The van der Waals surface area contributed by atoms with Crippen LogP contribution in [0.2, 0.25) is 0 Å². The molecule has 2 atom stereocenters. The van der Waals surface area contributed by atoms with Crippen LogP contribution in [0.15, 0.2) is 0 Å². The van der Waals surface area contributed by atoms with Crippen LogP contribution in [-0.4, -0.2) is 29.1 Å². The monoisotopic (exact) mass is 266 g/mol. The van der Waals surface area contributed by atoms with Gasteiger partial charge in [-0.2, -0.15) is 0 Å². The first-order valence-corrected chi connectivity index (χ1v) is 7.90. The van der Waals surface area contributed by atoms with Crippen molar-refractivity contribution >= 4 is 5.91 Å². The van der Waals surface area contributed by atoms with Gasteiger partial charge in [-0.05, 0) is 37.5 Å². The summed E-state index contributed by atoms with van der Waals surface area (Å²) in [4.78, 5) is 14.9. The molecular weight excluding hydrogens is 236 g/mol. The third-order valence-electron chi connectivity index (χ3n) is 5.24. The molecule has 0 spiro atoms. The molecule has 1 amide bonds. The van der Waals surface area contributed by atoms with E-state index in [1.807, 2.05) is 0 Å². The third kappa shape index (κ3) is 2.67.